The number of nitrogens with one attached hydrogen (secondary N) is 1. The van der Waals surface area contributed by atoms with Crippen LogP contribution in [0.15, 0.2) is 23.8 Å². The van der Waals surface area contributed by atoms with Gasteiger partial charge in [0.2, 0.25) is 0 Å². The second kappa shape index (κ2) is 6.37. The van der Waals surface area contributed by atoms with Crippen molar-refractivity contribution in [3.8, 4) is 0 Å². The molecule has 0 aliphatic carbocycles. The fourth-order valence-electron chi connectivity index (χ4n) is 2.38. The molecule has 1 N–H and O–H groups in total. The Balaban J connectivity index is 3.59. The number of carbonyl (C=O) groups excluding carboxylic acids is 1. The molecule has 1 aromatic rings. The lowest BCUT2D eigenvalue weighted by Crippen LogP contribution is -2.17. The van der Waals surface area contributed by atoms with Crippen LogP contribution in [0.4, 0.5) is 8.78 Å². The SMILES string of the molecule is CN/C(=C(\C(C)=O)C(C)C)c1cc(F)cc(C(C)(C)F)c1. The van der Waals surface area contributed by atoms with E-state index in [-0.39, 0.29) is 17.3 Å². The fourth-order valence-corrected chi connectivity index (χ4v) is 2.38. The van der Waals surface area contributed by atoms with E-state index in [9.17, 15) is 13.6 Å². The molecular formula is C17H23F2NO. The van der Waals surface area contributed by atoms with E-state index in [4.69, 9.17) is 0 Å². The van der Waals surface area contributed by atoms with Crippen molar-refractivity contribution in [2.75, 3.05) is 7.05 Å². The van der Waals surface area contributed by atoms with E-state index in [1.165, 1.54) is 32.9 Å². The number of carbonyl (C=O) groups is 1. The van der Waals surface area contributed by atoms with Crippen molar-refractivity contribution < 1.29 is 13.6 Å². The van der Waals surface area contributed by atoms with Crippen molar-refractivity contribution in [2.45, 2.75) is 40.3 Å². The number of hydrogen-bond donors (Lipinski definition) is 1. The zero-order valence-corrected chi connectivity index (χ0v) is 13.5. The lowest BCUT2D eigenvalue weighted by atomic mass is 9.91. The zero-order chi connectivity index (χ0) is 16.4. The monoisotopic (exact) mass is 295 g/mol. The topological polar surface area (TPSA) is 29.1 Å². The summed E-state index contributed by atoms with van der Waals surface area (Å²) in [6.07, 6.45) is 0. The van der Waals surface area contributed by atoms with E-state index >= 15 is 0 Å². The van der Waals surface area contributed by atoms with E-state index in [0.717, 1.165) is 0 Å². The second-order valence-corrected chi connectivity index (χ2v) is 5.95. The summed E-state index contributed by atoms with van der Waals surface area (Å²) >= 11 is 0. The third-order valence-corrected chi connectivity index (χ3v) is 3.35. The lowest BCUT2D eigenvalue weighted by molar-refractivity contribution is -0.114. The van der Waals surface area contributed by atoms with Gasteiger partial charge in [-0.15, -0.1) is 0 Å². The van der Waals surface area contributed by atoms with Crippen LogP contribution >= 0.6 is 0 Å². The predicted octanol–water partition coefficient (Wildman–Crippen LogP) is 4.21. The summed E-state index contributed by atoms with van der Waals surface area (Å²) in [5.41, 5.74) is 0.200. The zero-order valence-electron chi connectivity index (χ0n) is 13.5. The van der Waals surface area contributed by atoms with Crippen molar-refractivity contribution in [1.29, 1.82) is 0 Å². The highest BCUT2D eigenvalue weighted by molar-refractivity contribution is 6.01. The van der Waals surface area contributed by atoms with Crippen LogP contribution in [-0.4, -0.2) is 12.8 Å². The number of halogens is 2. The Bertz CT molecular complexity index is 569. The molecule has 0 radical (unpaired) electrons. The first-order valence-corrected chi connectivity index (χ1v) is 7.01. The van der Waals surface area contributed by atoms with Gasteiger partial charge >= 0.3 is 0 Å². The average molecular weight is 295 g/mol. The molecule has 1 rings (SSSR count). The molecule has 21 heavy (non-hydrogen) atoms. The molecule has 0 bridgehead atoms. The smallest absolute Gasteiger partial charge is 0.158 e. The fraction of sp³-hybridized carbons (Fsp3) is 0.471. The van der Waals surface area contributed by atoms with E-state index in [1.807, 2.05) is 13.8 Å². The molecule has 0 aromatic heterocycles. The number of allylic oxidation sites excluding steroid dienone is 1. The van der Waals surface area contributed by atoms with Crippen LogP contribution in [0.25, 0.3) is 5.70 Å². The molecule has 116 valence electrons. The maximum absolute atomic E-state index is 14.1. The molecule has 0 atom stereocenters. The van der Waals surface area contributed by atoms with Gasteiger partial charge in [0.15, 0.2) is 5.78 Å². The maximum Gasteiger partial charge on any atom is 0.158 e. The van der Waals surface area contributed by atoms with Gasteiger partial charge in [-0.2, -0.15) is 0 Å². The van der Waals surface area contributed by atoms with Gasteiger partial charge in [-0.05, 0) is 50.5 Å². The molecule has 0 aliphatic rings. The molecule has 0 heterocycles. The summed E-state index contributed by atoms with van der Waals surface area (Å²) < 4.78 is 27.9. The largest absolute Gasteiger partial charge is 0.387 e. The van der Waals surface area contributed by atoms with Gasteiger partial charge in [0.25, 0.3) is 0 Å². The quantitative estimate of drug-likeness (QED) is 0.825. The van der Waals surface area contributed by atoms with Crippen LogP contribution in [0, 0.1) is 11.7 Å². The Labute approximate surface area is 125 Å². The van der Waals surface area contributed by atoms with Crippen LogP contribution in [0.2, 0.25) is 0 Å². The number of ketones is 1. The Morgan fingerprint density at radius 3 is 2.19 bits per heavy atom. The maximum atomic E-state index is 14.1. The van der Waals surface area contributed by atoms with Gasteiger partial charge in [-0.3, -0.25) is 4.79 Å². The Kier molecular flexibility index (Phi) is 5.26. The average Bonchev–Trinajstić information content (AvgIpc) is 2.32. The summed E-state index contributed by atoms with van der Waals surface area (Å²) in [7, 11) is 1.67. The first-order valence-electron chi connectivity index (χ1n) is 7.01. The van der Waals surface area contributed by atoms with Gasteiger partial charge in [0.05, 0.1) is 0 Å². The third-order valence-electron chi connectivity index (χ3n) is 3.35. The molecule has 0 aliphatic heterocycles. The van der Waals surface area contributed by atoms with Crippen molar-refractivity contribution in [1.82, 2.24) is 5.32 Å². The molecule has 0 spiro atoms. The van der Waals surface area contributed by atoms with Crippen LogP contribution in [0.3, 0.4) is 0 Å². The van der Waals surface area contributed by atoms with Gasteiger partial charge in [-0.25, -0.2) is 8.78 Å². The van der Waals surface area contributed by atoms with Crippen molar-refractivity contribution in [2.24, 2.45) is 5.92 Å². The van der Waals surface area contributed by atoms with Gasteiger partial charge in [0.1, 0.15) is 11.5 Å². The Morgan fingerprint density at radius 2 is 1.81 bits per heavy atom. The van der Waals surface area contributed by atoms with E-state index < -0.39 is 11.5 Å². The van der Waals surface area contributed by atoms with E-state index in [1.54, 1.807) is 13.1 Å². The first-order chi connectivity index (χ1) is 9.57. The molecule has 0 fully saturated rings. The summed E-state index contributed by atoms with van der Waals surface area (Å²) in [4.78, 5) is 11.9. The van der Waals surface area contributed by atoms with E-state index in [0.29, 0.717) is 16.8 Å². The summed E-state index contributed by atoms with van der Waals surface area (Å²) in [5.74, 6) is -0.623. The second-order valence-electron chi connectivity index (χ2n) is 5.95. The minimum Gasteiger partial charge on any atom is -0.387 e. The predicted molar refractivity (Wildman–Crippen MR) is 82.0 cm³/mol. The summed E-state index contributed by atoms with van der Waals surface area (Å²) in [5, 5.41) is 2.96. The van der Waals surface area contributed by atoms with Crippen LogP contribution < -0.4 is 5.32 Å². The van der Waals surface area contributed by atoms with Gasteiger partial charge < -0.3 is 5.32 Å². The molecule has 1 aromatic carbocycles. The molecule has 0 saturated carbocycles. The molecule has 0 unspecified atom stereocenters. The highest BCUT2D eigenvalue weighted by atomic mass is 19.1. The third kappa shape index (κ3) is 4.13. The number of hydrogen-bond acceptors (Lipinski definition) is 2. The molecule has 4 heteroatoms. The van der Waals surface area contributed by atoms with Crippen molar-refractivity contribution >= 4 is 11.5 Å². The van der Waals surface area contributed by atoms with Crippen molar-refractivity contribution in [3.05, 3.63) is 40.7 Å². The van der Waals surface area contributed by atoms with Crippen LogP contribution in [-0.2, 0) is 10.5 Å². The van der Waals surface area contributed by atoms with Crippen LogP contribution in [0.5, 0.6) is 0 Å². The molecule has 2 nitrogen and oxygen atoms in total. The minimum atomic E-state index is -1.65. The summed E-state index contributed by atoms with van der Waals surface area (Å²) in [6, 6.07) is 4.08. The highest BCUT2D eigenvalue weighted by Gasteiger charge is 2.22. The number of Topliss-reactive ketones (excluding diaryl/α,β-unsaturated/α-hetero) is 1. The highest BCUT2D eigenvalue weighted by Crippen LogP contribution is 2.30. The number of rotatable bonds is 5. The van der Waals surface area contributed by atoms with Crippen molar-refractivity contribution in [3.63, 3.8) is 0 Å². The lowest BCUT2D eigenvalue weighted by Gasteiger charge is -2.20. The van der Waals surface area contributed by atoms with Gasteiger partial charge in [-0.1, -0.05) is 13.8 Å². The Hall–Kier alpha value is -1.71. The Morgan fingerprint density at radius 1 is 1.24 bits per heavy atom. The first kappa shape index (κ1) is 17.3. The van der Waals surface area contributed by atoms with E-state index in [2.05, 4.69) is 5.32 Å². The number of benzene rings is 1. The van der Waals surface area contributed by atoms with Gasteiger partial charge in [0, 0.05) is 23.9 Å². The minimum absolute atomic E-state index is 0.0185. The number of alkyl halides is 1. The molecule has 0 amide bonds. The molecule has 0 saturated heterocycles. The summed E-state index contributed by atoms with van der Waals surface area (Å²) in [6.45, 7) is 8.03. The normalized spacial score (nSPS) is 13.2. The molecular weight excluding hydrogens is 272 g/mol. The van der Waals surface area contributed by atoms with Crippen LogP contribution in [0.1, 0.15) is 45.7 Å². The standard InChI is InChI=1S/C17H23F2NO/c1-10(2)15(11(3)21)16(20-6)12-7-13(17(4,5)19)9-14(18)8-12/h7-10,20H,1-6H3/b16-15-.